The lowest BCUT2D eigenvalue weighted by atomic mass is 10.1. The molecule has 1 radical (unpaired) electrons. The van der Waals surface area contributed by atoms with Gasteiger partial charge in [-0.2, -0.15) is 0 Å². The Morgan fingerprint density at radius 1 is 1.47 bits per heavy atom. The van der Waals surface area contributed by atoms with Crippen molar-refractivity contribution in [2.45, 2.75) is 26.4 Å². The number of aryl methyl sites for hydroxylation is 1. The van der Waals surface area contributed by atoms with Crippen LogP contribution in [0.15, 0.2) is 18.2 Å². The van der Waals surface area contributed by atoms with Crippen molar-refractivity contribution in [1.82, 2.24) is 0 Å². The average Bonchev–Trinajstić information content (AvgIpc) is 2.15. The Kier molecular flexibility index (Phi) is 3.91. The summed E-state index contributed by atoms with van der Waals surface area (Å²) < 4.78 is 5.01. The van der Waals surface area contributed by atoms with E-state index >= 15 is 0 Å². The van der Waals surface area contributed by atoms with Crippen molar-refractivity contribution in [3.05, 3.63) is 23.8 Å². The first-order valence-electron chi connectivity index (χ1n) is 4.96. The molecule has 81 valence electrons. The molecule has 0 fully saturated rings. The summed E-state index contributed by atoms with van der Waals surface area (Å²) in [4.78, 5) is 10.8. The Labute approximate surface area is 91.8 Å². The number of nitrogens with two attached hydrogens (primary N) is 1. The number of rotatable bonds is 3. The fraction of sp³-hybridized carbons (Fsp3) is 0.364. The van der Waals surface area contributed by atoms with E-state index in [-0.39, 0.29) is 0 Å². The summed E-state index contributed by atoms with van der Waals surface area (Å²) in [6, 6.07) is 5.77. The number of carbonyl (C=O) groups is 1. The predicted octanol–water partition coefficient (Wildman–Crippen LogP) is 1.67. The van der Waals surface area contributed by atoms with Gasteiger partial charge in [0.15, 0.2) is 0 Å². The highest BCUT2D eigenvalue weighted by Crippen LogP contribution is 2.13. The molecule has 0 heterocycles. The summed E-state index contributed by atoms with van der Waals surface area (Å²) in [6.07, 6.45) is 0.203. The molecule has 1 rings (SSSR count). The lowest BCUT2D eigenvalue weighted by Crippen LogP contribution is -2.31. The van der Waals surface area contributed by atoms with Gasteiger partial charge in [0.2, 0.25) is 0 Å². The molecule has 0 saturated carbocycles. The van der Waals surface area contributed by atoms with Crippen molar-refractivity contribution in [2.24, 2.45) is 5.73 Å². The van der Waals surface area contributed by atoms with Crippen LogP contribution >= 0.6 is 0 Å². The van der Waals surface area contributed by atoms with E-state index in [4.69, 9.17) is 10.5 Å². The summed E-state index contributed by atoms with van der Waals surface area (Å²) >= 11 is 0. The number of hydrogen-bond donors (Lipinski definition) is 1. The average molecular weight is 222 g/mol. The number of ether oxygens (including phenoxy) is 1. The van der Waals surface area contributed by atoms with E-state index in [0.29, 0.717) is 5.75 Å². The van der Waals surface area contributed by atoms with Crippen LogP contribution in [-0.2, 0) is 6.42 Å². The Bertz CT molecular complexity index is 364. The maximum Gasteiger partial charge on any atom is 0.409 e. The molecule has 1 aromatic rings. The van der Waals surface area contributed by atoms with Crippen LogP contribution in [0, 0.1) is 0 Å². The van der Waals surface area contributed by atoms with E-state index in [1.165, 1.54) is 10.8 Å². The SMILES string of the molecule is CCc1cccc(OC(N)=O)c1[Si](C)C. The molecule has 0 unspecified atom stereocenters. The second-order valence-corrected chi connectivity index (χ2v) is 6.06. The van der Waals surface area contributed by atoms with Gasteiger partial charge in [-0.05, 0) is 23.2 Å². The van der Waals surface area contributed by atoms with Crippen LogP contribution in [0.4, 0.5) is 4.79 Å². The Morgan fingerprint density at radius 2 is 2.13 bits per heavy atom. The maximum atomic E-state index is 10.8. The fourth-order valence-corrected chi connectivity index (χ4v) is 3.16. The third kappa shape index (κ3) is 2.83. The van der Waals surface area contributed by atoms with Crippen molar-refractivity contribution in [3.63, 3.8) is 0 Å². The molecule has 1 aromatic carbocycles. The van der Waals surface area contributed by atoms with Gasteiger partial charge in [-0.15, -0.1) is 0 Å². The first-order chi connectivity index (χ1) is 7.06. The molecule has 4 heteroatoms. The smallest absolute Gasteiger partial charge is 0.409 e. The lowest BCUT2D eigenvalue weighted by Gasteiger charge is -2.14. The largest absolute Gasteiger partial charge is 0.411 e. The van der Waals surface area contributed by atoms with E-state index in [1.54, 1.807) is 6.07 Å². The first-order valence-corrected chi connectivity index (χ1v) is 7.46. The van der Waals surface area contributed by atoms with Crippen LogP contribution in [-0.4, -0.2) is 14.9 Å². The molecule has 0 spiro atoms. The van der Waals surface area contributed by atoms with Crippen LogP contribution in [0.2, 0.25) is 13.1 Å². The van der Waals surface area contributed by atoms with E-state index < -0.39 is 14.9 Å². The monoisotopic (exact) mass is 222 g/mol. The molecule has 3 nitrogen and oxygen atoms in total. The predicted molar refractivity (Wildman–Crippen MR) is 63.1 cm³/mol. The Balaban J connectivity index is 3.19. The molecule has 0 aliphatic heterocycles. The highest BCUT2D eigenvalue weighted by atomic mass is 28.3. The normalized spacial score (nSPS) is 10.4. The van der Waals surface area contributed by atoms with Crippen LogP contribution in [0.5, 0.6) is 5.75 Å². The van der Waals surface area contributed by atoms with Gasteiger partial charge in [-0.25, -0.2) is 4.79 Å². The van der Waals surface area contributed by atoms with Crippen LogP contribution < -0.4 is 15.7 Å². The Morgan fingerprint density at radius 3 is 2.60 bits per heavy atom. The molecule has 0 bridgehead atoms. The zero-order valence-corrected chi connectivity index (χ0v) is 10.3. The van der Waals surface area contributed by atoms with Gasteiger partial charge in [-0.3, -0.25) is 0 Å². The van der Waals surface area contributed by atoms with Crippen molar-refractivity contribution in [3.8, 4) is 5.75 Å². The van der Waals surface area contributed by atoms with Gasteiger partial charge in [0.05, 0.1) is 8.80 Å². The van der Waals surface area contributed by atoms with Crippen molar-refractivity contribution < 1.29 is 9.53 Å². The van der Waals surface area contributed by atoms with Crippen molar-refractivity contribution >= 4 is 20.1 Å². The summed E-state index contributed by atoms with van der Waals surface area (Å²) in [5.41, 5.74) is 6.28. The second-order valence-electron chi connectivity index (χ2n) is 3.56. The van der Waals surface area contributed by atoms with E-state index in [2.05, 4.69) is 26.1 Å². The topological polar surface area (TPSA) is 52.3 Å². The van der Waals surface area contributed by atoms with Gasteiger partial charge in [0.1, 0.15) is 5.75 Å². The van der Waals surface area contributed by atoms with Gasteiger partial charge in [-0.1, -0.05) is 32.2 Å². The second kappa shape index (κ2) is 4.98. The van der Waals surface area contributed by atoms with Gasteiger partial charge in [0.25, 0.3) is 0 Å². The molecule has 1 amide bonds. The minimum atomic E-state index is -0.743. The summed E-state index contributed by atoms with van der Waals surface area (Å²) in [7, 11) is -0.662. The Hall–Kier alpha value is -1.29. The number of benzene rings is 1. The third-order valence-electron chi connectivity index (χ3n) is 2.20. The van der Waals surface area contributed by atoms with Crippen LogP contribution in [0.1, 0.15) is 12.5 Å². The van der Waals surface area contributed by atoms with Gasteiger partial charge >= 0.3 is 6.09 Å². The van der Waals surface area contributed by atoms with Gasteiger partial charge < -0.3 is 10.5 Å². The third-order valence-corrected chi connectivity index (χ3v) is 3.77. The van der Waals surface area contributed by atoms with Crippen LogP contribution in [0.3, 0.4) is 0 Å². The van der Waals surface area contributed by atoms with Crippen molar-refractivity contribution in [2.75, 3.05) is 0 Å². The van der Waals surface area contributed by atoms with E-state index in [9.17, 15) is 4.79 Å². The molecule has 0 aromatic heterocycles. The minimum absolute atomic E-state index is 0.626. The quantitative estimate of drug-likeness (QED) is 0.791. The molecule has 15 heavy (non-hydrogen) atoms. The molecule has 0 aliphatic carbocycles. The molecule has 0 saturated heterocycles. The number of amides is 1. The standard InChI is InChI=1S/C11H16NO2Si/c1-4-8-6-5-7-9(14-11(12)13)10(8)15(2)3/h5-7H,4H2,1-3H3,(H2,12,13). The summed E-state index contributed by atoms with van der Waals surface area (Å²) in [5, 5.41) is 1.17. The zero-order valence-electron chi connectivity index (χ0n) is 9.33. The minimum Gasteiger partial charge on any atom is -0.411 e. The molecular formula is C11H16NO2Si. The maximum absolute atomic E-state index is 10.8. The summed E-state index contributed by atoms with van der Waals surface area (Å²) in [5.74, 6) is 0.626. The number of carbonyl (C=O) groups excluding carboxylic acids is 1. The van der Waals surface area contributed by atoms with Crippen LogP contribution in [0.25, 0.3) is 0 Å². The fourth-order valence-electron chi connectivity index (χ4n) is 1.63. The van der Waals surface area contributed by atoms with Crippen molar-refractivity contribution in [1.29, 1.82) is 0 Å². The van der Waals surface area contributed by atoms with E-state index in [1.807, 2.05) is 6.07 Å². The molecule has 0 aliphatic rings. The highest BCUT2D eigenvalue weighted by molar-refractivity contribution is 6.72. The van der Waals surface area contributed by atoms with E-state index in [0.717, 1.165) is 6.42 Å². The molecule has 2 N–H and O–H groups in total. The number of primary amides is 1. The summed E-state index contributed by atoms with van der Waals surface area (Å²) in [6.45, 7) is 6.44. The molecule has 0 atom stereocenters. The molecular weight excluding hydrogens is 206 g/mol. The highest BCUT2D eigenvalue weighted by Gasteiger charge is 2.14. The zero-order chi connectivity index (χ0) is 11.4. The first kappa shape index (κ1) is 11.8. The lowest BCUT2D eigenvalue weighted by molar-refractivity contribution is 0.211. The number of hydrogen-bond acceptors (Lipinski definition) is 2. The van der Waals surface area contributed by atoms with Gasteiger partial charge in [0, 0.05) is 0 Å².